The average Bonchev–Trinajstić information content (AvgIpc) is 3.44. The Morgan fingerprint density at radius 2 is 1.74 bits per heavy atom. The average molecular weight is 416 g/mol. The van der Waals surface area contributed by atoms with Crippen LogP contribution >= 0.6 is 0 Å². The zero-order valence-corrected chi connectivity index (χ0v) is 17.5. The number of methoxy groups -OCH3 is 1. The van der Waals surface area contributed by atoms with Gasteiger partial charge in [-0.05, 0) is 24.6 Å². The lowest BCUT2D eigenvalue weighted by Crippen LogP contribution is -2.56. The number of benzene rings is 2. The molecule has 2 aromatic carbocycles. The van der Waals surface area contributed by atoms with Crippen molar-refractivity contribution in [3.05, 3.63) is 90.3 Å². The molecule has 5 rings (SSSR count). The topological polar surface area (TPSA) is 65.8 Å². The van der Waals surface area contributed by atoms with Gasteiger partial charge in [0.1, 0.15) is 16.9 Å². The van der Waals surface area contributed by atoms with Gasteiger partial charge in [0.2, 0.25) is 0 Å². The lowest BCUT2D eigenvalue weighted by molar-refractivity contribution is -0.178. The lowest BCUT2D eigenvalue weighted by Gasteiger charge is -2.46. The van der Waals surface area contributed by atoms with Gasteiger partial charge in [-0.15, -0.1) is 0 Å². The van der Waals surface area contributed by atoms with Gasteiger partial charge in [0.25, 0.3) is 0 Å². The zero-order chi connectivity index (χ0) is 21.3. The molecule has 1 fully saturated rings. The molecule has 0 radical (unpaired) electrons. The van der Waals surface area contributed by atoms with Gasteiger partial charge in [-0.25, -0.2) is 0 Å². The Balaban J connectivity index is 1.79. The predicted molar refractivity (Wildman–Crippen MR) is 118 cm³/mol. The van der Waals surface area contributed by atoms with E-state index in [1.165, 1.54) is 0 Å². The van der Waals surface area contributed by atoms with E-state index in [2.05, 4.69) is 10.3 Å². The van der Waals surface area contributed by atoms with Crippen molar-refractivity contribution in [2.24, 2.45) is 0 Å². The number of pyridine rings is 1. The third-order valence-corrected chi connectivity index (χ3v) is 5.87. The molecule has 0 bridgehead atoms. The molecule has 6 nitrogen and oxygen atoms in total. The number of hydrogen-bond acceptors (Lipinski definition) is 6. The molecule has 31 heavy (non-hydrogen) atoms. The van der Waals surface area contributed by atoms with E-state index < -0.39 is 11.3 Å². The van der Waals surface area contributed by atoms with E-state index in [9.17, 15) is 0 Å². The minimum Gasteiger partial charge on any atom is -0.495 e. The molecule has 3 heterocycles. The fourth-order valence-electron chi connectivity index (χ4n) is 4.42. The fourth-order valence-corrected chi connectivity index (χ4v) is 4.42. The molecule has 0 amide bonds. The van der Waals surface area contributed by atoms with Gasteiger partial charge < -0.3 is 23.9 Å². The highest BCUT2D eigenvalue weighted by Crippen LogP contribution is 2.49. The second-order valence-electron chi connectivity index (χ2n) is 7.61. The molecule has 0 spiro atoms. The summed E-state index contributed by atoms with van der Waals surface area (Å²) in [6.07, 6.45) is 3.44. The predicted octanol–water partition coefficient (Wildman–Crippen LogP) is 4.96. The number of ether oxygens (including phenoxy) is 3. The Bertz CT molecular complexity index is 1150. The maximum Gasteiger partial charge on any atom is 0.197 e. The van der Waals surface area contributed by atoms with Gasteiger partial charge in [-0.3, -0.25) is 4.98 Å². The number of aromatic nitrogens is 1. The Hall–Kier alpha value is -3.35. The van der Waals surface area contributed by atoms with E-state index in [4.69, 9.17) is 18.6 Å². The molecule has 1 N–H and O–H groups in total. The summed E-state index contributed by atoms with van der Waals surface area (Å²) >= 11 is 0. The minimum absolute atomic E-state index is 0.486. The van der Waals surface area contributed by atoms with Crippen LogP contribution in [-0.4, -0.2) is 31.1 Å². The van der Waals surface area contributed by atoms with Gasteiger partial charge in [0, 0.05) is 23.2 Å². The third-order valence-electron chi connectivity index (χ3n) is 5.87. The summed E-state index contributed by atoms with van der Waals surface area (Å²) in [6.45, 7) is 2.92. The Morgan fingerprint density at radius 1 is 1.00 bits per heavy atom. The lowest BCUT2D eigenvalue weighted by atomic mass is 9.76. The molecule has 1 aliphatic heterocycles. The maximum absolute atomic E-state index is 6.26. The first kappa shape index (κ1) is 19.6. The van der Waals surface area contributed by atoms with Crippen LogP contribution in [0.25, 0.3) is 11.0 Å². The Kier molecular flexibility index (Phi) is 4.88. The van der Waals surface area contributed by atoms with Crippen LogP contribution in [0.5, 0.6) is 5.75 Å². The van der Waals surface area contributed by atoms with E-state index in [1.54, 1.807) is 19.5 Å². The molecule has 1 aliphatic rings. The van der Waals surface area contributed by atoms with E-state index in [1.807, 2.05) is 73.7 Å². The van der Waals surface area contributed by atoms with Crippen molar-refractivity contribution in [3.8, 4) is 5.75 Å². The fraction of sp³-hybridized carbons (Fsp3) is 0.240. The number of rotatable bonds is 6. The summed E-state index contributed by atoms with van der Waals surface area (Å²) < 4.78 is 24.4. The molecule has 1 saturated heterocycles. The van der Waals surface area contributed by atoms with Gasteiger partial charge >= 0.3 is 0 Å². The van der Waals surface area contributed by atoms with Crippen LogP contribution in [0.3, 0.4) is 0 Å². The second-order valence-corrected chi connectivity index (χ2v) is 7.61. The number of para-hydroxylation sites is 1. The van der Waals surface area contributed by atoms with Gasteiger partial charge in [-0.1, -0.05) is 48.5 Å². The molecule has 1 atom stereocenters. The van der Waals surface area contributed by atoms with Crippen molar-refractivity contribution in [2.45, 2.75) is 18.2 Å². The maximum atomic E-state index is 6.26. The van der Waals surface area contributed by atoms with E-state index in [0.717, 1.165) is 22.1 Å². The molecular weight excluding hydrogens is 392 g/mol. The normalized spacial score (nSPS) is 17.4. The zero-order valence-electron chi connectivity index (χ0n) is 17.5. The van der Waals surface area contributed by atoms with Crippen molar-refractivity contribution in [1.82, 2.24) is 4.98 Å². The summed E-state index contributed by atoms with van der Waals surface area (Å²) in [5.74, 6) is 0.182. The van der Waals surface area contributed by atoms with Gasteiger partial charge in [0.15, 0.2) is 11.7 Å². The summed E-state index contributed by atoms with van der Waals surface area (Å²) in [5, 5.41) is 4.65. The Morgan fingerprint density at radius 3 is 2.48 bits per heavy atom. The molecule has 6 heteroatoms. The third kappa shape index (κ3) is 3.15. The van der Waals surface area contributed by atoms with Crippen LogP contribution in [-0.2, 0) is 15.0 Å². The van der Waals surface area contributed by atoms with Crippen molar-refractivity contribution in [3.63, 3.8) is 0 Å². The van der Waals surface area contributed by atoms with Crippen LogP contribution < -0.4 is 10.1 Å². The van der Waals surface area contributed by atoms with Crippen molar-refractivity contribution in [2.75, 3.05) is 25.6 Å². The number of anilines is 1. The van der Waals surface area contributed by atoms with Crippen LogP contribution in [0.1, 0.15) is 18.1 Å². The first-order valence-electron chi connectivity index (χ1n) is 10.2. The highest BCUT2D eigenvalue weighted by Gasteiger charge is 2.57. The number of nitrogens with one attached hydrogen (secondary N) is 1. The molecule has 1 unspecified atom stereocenters. The molecule has 0 aliphatic carbocycles. The smallest absolute Gasteiger partial charge is 0.197 e. The Labute approximate surface area is 180 Å². The van der Waals surface area contributed by atoms with E-state index in [-0.39, 0.29) is 0 Å². The molecule has 2 aromatic heterocycles. The van der Waals surface area contributed by atoms with Crippen LogP contribution in [0, 0.1) is 0 Å². The molecular formula is C25H24N2O4. The number of fused-ring (bicyclic) bond motifs is 1. The summed E-state index contributed by atoms with van der Waals surface area (Å²) in [5.41, 5.74) is 1.60. The van der Waals surface area contributed by atoms with Crippen LogP contribution in [0.15, 0.2) is 83.5 Å². The van der Waals surface area contributed by atoms with Crippen LogP contribution in [0.2, 0.25) is 0 Å². The summed E-state index contributed by atoms with van der Waals surface area (Å²) in [7, 11) is 1.64. The molecule has 158 valence electrons. The minimum atomic E-state index is -1.04. The summed E-state index contributed by atoms with van der Waals surface area (Å²) in [6, 6.07) is 21.9. The monoisotopic (exact) mass is 416 g/mol. The summed E-state index contributed by atoms with van der Waals surface area (Å²) in [4.78, 5) is 4.26. The van der Waals surface area contributed by atoms with Crippen molar-refractivity contribution >= 4 is 16.9 Å². The first-order valence-corrected chi connectivity index (χ1v) is 10.2. The quantitative estimate of drug-likeness (QED) is 0.480. The van der Waals surface area contributed by atoms with E-state index in [0.29, 0.717) is 24.8 Å². The number of hydrogen-bond donors (Lipinski definition) is 1. The largest absolute Gasteiger partial charge is 0.495 e. The van der Waals surface area contributed by atoms with E-state index >= 15 is 0 Å². The number of furan rings is 1. The second kappa shape index (κ2) is 7.72. The molecule has 0 saturated carbocycles. The molecule has 4 aromatic rings. The van der Waals surface area contributed by atoms with Gasteiger partial charge in [0.05, 0.1) is 26.5 Å². The highest BCUT2D eigenvalue weighted by atomic mass is 16.7. The SMILES string of the molecule is COc1cnccc1C(Nc1cc2ccccc2o1)(c1ccccc1)C1(C)OCCO1. The standard InChI is InChI=1S/C25H24N2O4/c1-24(29-14-15-30-24)25(19-9-4-3-5-10-19,20-12-13-26-17-22(20)28-2)27-23-16-18-8-6-7-11-21(18)31-23/h3-13,16-17,27H,14-15H2,1-2H3. The number of nitrogens with zero attached hydrogens (tertiary/aromatic N) is 1. The van der Waals surface area contributed by atoms with Crippen molar-refractivity contribution < 1.29 is 18.6 Å². The van der Waals surface area contributed by atoms with Crippen LogP contribution in [0.4, 0.5) is 5.88 Å². The van der Waals surface area contributed by atoms with Gasteiger partial charge in [-0.2, -0.15) is 0 Å². The highest BCUT2D eigenvalue weighted by molar-refractivity contribution is 5.81. The van der Waals surface area contributed by atoms with Crippen molar-refractivity contribution in [1.29, 1.82) is 0 Å². The first-order chi connectivity index (χ1) is 15.2.